The van der Waals surface area contributed by atoms with Crippen molar-refractivity contribution in [1.29, 1.82) is 0 Å². The average Bonchev–Trinajstić information content (AvgIpc) is 3.05. The number of nitrogens with zero attached hydrogens (tertiary/aromatic N) is 3. The molecule has 1 fully saturated rings. The number of aromatic nitrogens is 2. The number of halogens is 1. The van der Waals surface area contributed by atoms with Gasteiger partial charge in [0.2, 0.25) is 0 Å². The number of hydrogen-bond donors (Lipinski definition) is 1. The van der Waals surface area contributed by atoms with Crippen LogP contribution < -0.4 is 5.73 Å². The molecule has 2 N–H and O–H groups in total. The Morgan fingerprint density at radius 2 is 2.10 bits per heavy atom. The molecule has 0 aromatic carbocycles. The molecule has 1 aromatic heterocycles. The summed E-state index contributed by atoms with van der Waals surface area (Å²) in [4.78, 5) is 2.45. The highest BCUT2D eigenvalue weighted by molar-refractivity contribution is 6.31. The Kier molecular flexibility index (Phi) is 5.07. The van der Waals surface area contributed by atoms with Gasteiger partial charge in [0.15, 0.2) is 0 Å². The molecule has 1 unspecified atom stereocenters. The van der Waals surface area contributed by atoms with Crippen LogP contribution in [0.4, 0.5) is 0 Å². The van der Waals surface area contributed by atoms with Crippen LogP contribution in [0.2, 0.25) is 5.02 Å². The average molecular weight is 301 g/mol. The molecule has 1 aromatic rings. The number of rotatable bonds is 6. The summed E-state index contributed by atoms with van der Waals surface area (Å²) in [5, 5.41) is 4.96. The summed E-state index contributed by atoms with van der Waals surface area (Å²) in [6.07, 6.45) is 4.16. The molecule has 114 valence electrons. The lowest BCUT2D eigenvalue weighted by Gasteiger charge is -2.40. The van der Waals surface area contributed by atoms with Crippen molar-refractivity contribution >= 4 is 11.6 Å². The molecule has 0 bridgehead atoms. The predicted molar refractivity (Wildman–Crippen MR) is 80.9 cm³/mol. The molecule has 0 radical (unpaired) electrons. The van der Waals surface area contributed by atoms with Crippen molar-refractivity contribution < 1.29 is 4.74 Å². The minimum atomic E-state index is -0.174. The van der Waals surface area contributed by atoms with Crippen LogP contribution in [0.25, 0.3) is 0 Å². The first-order valence-electron chi connectivity index (χ1n) is 7.19. The summed E-state index contributed by atoms with van der Waals surface area (Å²) < 4.78 is 6.99. The molecule has 1 saturated heterocycles. The first-order chi connectivity index (χ1) is 9.48. The lowest BCUT2D eigenvalue weighted by Crippen LogP contribution is -2.50. The van der Waals surface area contributed by atoms with E-state index in [1.807, 2.05) is 4.68 Å². The van der Waals surface area contributed by atoms with Gasteiger partial charge in [0.05, 0.1) is 36.1 Å². The Morgan fingerprint density at radius 3 is 2.70 bits per heavy atom. The molecular formula is C14H25ClN4O. The Labute approximate surface area is 126 Å². The highest BCUT2D eigenvalue weighted by Gasteiger charge is 2.38. The molecule has 1 aliphatic heterocycles. The van der Waals surface area contributed by atoms with Gasteiger partial charge in [0.25, 0.3) is 0 Å². The molecule has 0 aliphatic carbocycles. The summed E-state index contributed by atoms with van der Waals surface area (Å²) in [6, 6.07) is -0.174. The van der Waals surface area contributed by atoms with Crippen molar-refractivity contribution in [2.24, 2.45) is 5.73 Å². The second-order valence-corrected chi connectivity index (χ2v) is 6.33. The highest BCUT2D eigenvalue weighted by atomic mass is 35.5. The lowest BCUT2D eigenvalue weighted by molar-refractivity contribution is 0.118. The fraction of sp³-hybridized carbons (Fsp3) is 0.786. The Morgan fingerprint density at radius 1 is 1.45 bits per heavy atom. The van der Waals surface area contributed by atoms with E-state index in [4.69, 9.17) is 22.1 Å². The summed E-state index contributed by atoms with van der Waals surface area (Å²) in [5.74, 6) is 0. The highest BCUT2D eigenvalue weighted by Crippen LogP contribution is 2.34. The van der Waals surface area contributed by atoms with Crippen molar-refractivity contribution in [3.8, 4) is 0 Å². The van der Waals surface area contributed by atoms with Crippen LogP contribution in [-0.2, 0) is 11.3 Å². The molecule has 2 heterocycles. The van der Waals surface area contributed by atoms with E-state index in [1.54, 1.807) is 13.3 Å². The van der Waals surface area contributed by atoms with E-state index in [9.17, 15) is 0 Å². The van der Waals surface area contributed by atoms with E-state index in [0.29, 0.717) is 18.2 Å². The zero-order valence-electron chi connectivity index (χ0n) is 12.6. The fourth-order valence-corrected chi connectivity index (χ4v) is 3.12. The van der Waals surface area contributed by atoms with Crippen LogP contribution in [0.5, 0.6) is 0 Å². The van der Waals surface area contributed by atoms with E-state index < -0.39 is 0 Å². The molecule has 1 aliphatic rings. The van der Waals surface area contributed by atoms with Gasteiger partial charge in [-0.15, -0.1) is 0 Å². The molecule has 0 amide bonds. The molecule has 20 heavy (non-hydrogen) atoms. The maximum atomic E-state index is 6.54. The summed E-state index contributed by atoms with van der Waals surface area (Å²) in [7, 11) is 1.68. The van der Waals surface area contributed by atoms with Gasteiger partial charge >= 0.3 is 0 Å². The van der Waals surface area contributed by atoms with Gasteiger partial charge in [0.1, 0.15) is 0 Å². The largest absolute Gasteiger partial charge is 0.383 e. The minimum absolute atomic E-state index is 0.134. The van der Waals surface area contributed by atoms with E-state index in [-0.39, 0.29) is 11.6 Å². The van der Waals surface area contributed by atoms with Crippen molar-refractivity contribution in [2.45, 2.75) is 44.8 Å². The molecular weight excluding hydrogens is 276 g/mol. The maximum Gasteiger partial charge on any atom is 0.0834 e. The van der Waals surface area contributed by atoms with E-state index in [1.165, 1.54) is 12.8 Å². The van der Waals surface area contributed by atoms with Crippen molar-refractivity contribution in [2.75, 3.05) is 26.8 Å². The summed E-state index contributed by atoms with van der Waals surface area (Å²) in [6.45, 7) is 7.85. The molecule has 2 rings (SSSR count). The van der Waals surface area contributed by atoms with Crippen LogP contribution in [0.15, 0.2) is 6.20 Å². The second-order valence-electron chi connectivity index (χ2n) is 5.92. The topological polar surface area (TPSA) is 56.3 Å². The molecule has 1 atom stereocenters. The predicted octanol–water partition coefficient (Wildman–Crippen LogP) is 2.06. The third-order valence-electron chi connectivity index (χ3n) is 4.32. The lowest BCUT2D eigenvalue weighted by atomic mass is 9.90. The first-order valence-corrected chi connectivity index (χ1v) is 7.57. The number of hydrogen-bond acceptors (Lipinski definition) is 4. The summed E-state index contributed by atoms with van der Waals surface area (Å²) in [5.41, 5.74) is 7.31. The number of ether oxygens (including phenoxy) is 1. The van der Waals surface area contributed by atoms with Crippen molar-refractivity contribution in [3.63, 3.8) is 0 Å². The van der Waals surface area contributed by atoms with Crippen LogP contribution in [0, 0.1) is 0 Å². The number of nitrogens with two attached hydrogens (primary N) is 1. The normalized spacial score (nSPS) is 18.6. The van der Waals surface area contributed by atoms with Crippen LogP contribution in [0.1, 0.15) is 38.4 Å². The van der Waals surface area contributed by atoms with Gasteiger partial charge in [-0.1, -0.05) is 11.6 Å². The van der Waals surface area contributed by atoms with Gasteiger partial charge in [-0.05, 0) is 39.8 Å². The van der Waals surface area contributed by atoms with E-state index in [2.05, 4.69) is 23.8 Å². The monoisotopic (exact) mass is 300 g/mol. The Balaban J connectivity index is 2.22. The molecule has 0 spiro atoms. The van der Waals surface area contributed by atoms with Gasteiger partial charge in [-0.2, -0.15) is 5.10 Å². The minimum Gasteiger partial charge on any atom is -0.383 e. The van der Waals surface area contributed by atoms with Crippen LogP contribution in [-0.4, -0.2) is 47.0 Å². The number of likely N-dealkylation sites (tertiary alicyclic amines) is 1. The van der Waals surface area contributed by atoms with Gasteiger partial charge in [-0.25, -0.2) is 0 Å². The maximum absolute atomic E-state index is 6.54. The van der Waals surface area contributed by atoms with Gasteiger partial charge in [0, 0.05) is 12.6 Å². The summed E-state index contributed by atoms with van der Waals surface area (Å²) >= 11 is 6.31. The molecule has 5 nitrogen and oxygen atoms in total. The van der Waals surface area contributed by atoms with E-state index >= 15 is 0 Å². The van der Waals surface area contributed by atoms with Crippen LogP contribution in [0.3, 0.4) is 0 Å². The van der Waals surface area contributed by atoms with Gasteiger partial charge in [-0.3, -0.25) is 9.58 Å². The molecule has 6 heteroatoms. The zero-order valence-corrected chi connectivity index (χ0v) is 13.4. The van der Waals surface area contributed by atoms with Crippen molar-refractivity contribution in [1.82, 2.24) is 14.7 Å². The second kappa shape index (κ2) is 6.43. The van der Waals surface area contributed by atoms with Gasteiger partial charge < -0.3 is 10.5 Å². The number of methoxy groups -OCH3 is 1. The SMILES string of the molecule is COCCn1ncc(Cl)c1C(N)C(C)(C)N1CCCC1. The third kappa shape index (κ3) is 3.01. The third-order valence-corrected chi connectivity index (χ3v) is 4.61. The quantitative estimate of drug-likeness (QED) is 0.874. The standard InChI is InChI=1S/C14H25ClN4O/c1-14(2,18-6-4-5-7-18)13(16)12-11(15)10-17-19(12)8-9-20-3/h10,13H,4-9,16H2,1-3H3. The van der Waals surface area contributed by atoms with Crippen LogP contribution >= 0.6 is 11.6 Å². The smallest absolute Gasteiger partial charge is 0.0834 e. The molecule has 0 saturated carbocycles. The fourth-order valence-electron chi connectivity index (χ4n) is 2.86. The van der Waals surface area contributed by atoms with Crippen molar-refractivity contribution in [3.05, 3.63) is 16.9 Å². The van der Waals surface area contributed by atoms with E-state index in [0.717, 1.165) is 18.8 Å². The zero-order chi connectivity index (χ0) is 14.8. The first kappa shape index (κ1) is 15.8. The Hall–Kier alpha value is -0.620. The Bertz CT molecular complexity index is 440.